The number of hydrogen-bond donors (Lipinski definition) is 0. The smallest absolute Gasteiger partial charge is 0.0799 e. The van der Waals surface area contributed by atoms with Crippen molar-refractivity contribution >= 4 is 6.08 Å². The maximum Gasteiger partial charge on any atom is 0.0799 e. The maximum atomic E-state index is 6.14. The van der Waals surface area contributed by atoms with Gasteiger partial charge in [-0.3, -0.25) is 0 Å². The van der Waals surface area contributed by atoms with Crippen LogP contribution in [0.15, 0.2) is 48.6 Å². The summed E-state index contributed by atoms with van der Waals surface area (Å²) < 4.78 is 6.14. The molecule has 1 fully saturated rings. The number of hydrogen-bond acceptors (Lipinski definition) is 1. The van der Waals surface area contributed by atoms with E-state index in [9.17, 15) is 0 Å². The van der Waals surface area contributed by atoms with Gasteiger partial charge in [-0.05, 0) is 30.7 Å². The van der Waals surface area contributed by atoms with Crippen LogP contribution in [0.2, 0.25) is 0 Å². The van der Waals surface area contributed by atoms with Crippen LogP contribution in [0.5, 0.6) is 0 Å². The second kappa shape index (κ2) is 6.72. The van der Waals surface area contributed by atoms with Gasteiger partial charge in [-0.1, -0.05) is 68.5 Å². The summed E-state index contributed by atoms with van der Waals surface area (Å²) in [6, 6.07) is 10.4. The van der Waals surface area contributed by atoms with Crippen molar-refractivity contribution in [1.29, 1.82) is 0 Å². The molecule has 1 nitrogen and oxygen atoms in total. The number of ether oxygens (including phenoxy) is 1. The fourth-order valence-corrected chi connectivity index (χ4v) is 2.59. The molecule has 0 aliphatic carbocycles. The Balaban J connectivity index is 1.96. The fraction of sp³-hybridized carbons (Fsp3) is 0.444. The summed E-state index contributed by atoms with van der Waals surface area (Å²) in [4.78, 5) is 0. The highest BCUT2D eigenvalue weighted by atomic mass is 16.5. The lowest BCUT2D eigenvalue weighted by molar-refractivity contribution is -0.0157. The molecule has 1 aliphatic rings. The van der Waals surface area contributed by atoms with Gasteiger partial charge in [0.05, 0.1) is 12.2 Å². The molecule has 1 aromatic rings. The molecule has 0 saturated carbocycles. The lowest BCUT2D eigenvalue weighted by atomic mass is 9.93. The molecule has 1 saturated heterocycles. The van der Waals surface area contributed by atoms with Crippen molar-refractivity contribution in [2.24, 2.45) is 5.92 Å². The molecule has 0 unspecified atom stereocenters. The van der Waals surface area contributed by atoms with E-state index in [2.05, 4.69) is 56.8 Å². The molecule has 2 atom stereocenters. The topological polar surface area (TPSA) is 9.23 Å². The summed E-state index contributed by atoms with van der Waals surface area (Å²) in [6.45, 7) is 8.65. The standard InChI is InChI=1S/C18H24O/c1-14(2)11-18-13-15(3)12-17(19-18)10-9-16-7-5-4-6-8-16/h4-10,14,17-18H,3,11-13H2,1-2H3/b10-9+/t17-,18+/m1/s1. The Morgan fingerprint density at radius 2 is 2.00 bits per heavy atom. The molecule has 1 aromatic carbocycles. The molecule has 0 spiro atoms. The van der Waals surface area contributed by atoms with E-state index in [1.807, 2.05) is 6.07 Å². The van der Waals surface area contributed by atoms with Gasteiger partial charge >= 0.3 is 0 Å². The van der Waals surface area contributed by atoms with Crippen LogP contribution in [-0.2, 0) is 4.74 Å². The van der Waals surface area contributed by atoms with E-state index < -0.39 is 0 Å². The first-order valence-corrected chi connectivity index (χ1v) is 7.19. The van der Waals surface area contributed by atoms with Crippen LogP contribution in [0, 0.1) is 5.92 Å². The predicted molar refractivity (Wildman–Crippen MR) is 82.0 cm³/mol. The third-order valence-electron chi connectivity index (χ3n) is 3.41. The zero-order valence-corrected chi connectivity index (χ0v) is 12.0. The molecule has 1 heterocycles. The first-order valence-electron chi connectivity index (χ1n) is 7.19. The molecule has 19 heavy (non-hydrogen) atoms. The van der Waals surface area contributed by atoms with Crippen LogP contribution in [0.3, 0.4) is 0 Å². The highest BCUT2D eigenvalue weighted by molar-refractivity contribution is 5.49. The lowest BCUT2D eigenvalue weighted by Crippen LogP contribution is -2.28. The number of benzene rings is 1. The minimum atomic E-state index is 0.185. The van der Waals surface area contributed by atoms with Crippen LogP contribution in [0.4, 0.5) is 0 Å². The van der Waals surface area contributed by atoms with Crippen LogP contribution in [0.1, 0.15) is 38.7 Å². The van der Waals surface area contributed by atoms with Crippen molar-refractivity contribution in [3.05, 3.63) is 54.1 Å². The zero-order chi connectivity index (χ0) is 13.7. The van der Waals surface area contributed by atoms with Crippen LogP contribution >= 0.6 is 0 Å². The summed E-state index contributed by atoms with van der Waals surface area (Å²) in [5, 5.41) is 0. The van der Waals surface area contributed by atoms with Crippen molar-refractivity contribution in [3.63, 3.8) is 0 Å². The van der Waals surface area contributed by atoms with Gasteiger partial charge in [-0.15, -0.1) is 0 Å². The fourth-order valence-electron chi connectivity index (χ4n) is 2.59. The van der Waals surface area contributed by atoms with Crippen molar-refractivity contribution in [2.45, 2.75) is 45.3 Å². The Labute approximate surface area is 117 Å². The highest BCUT2D eigenvalue weighted by Crippen LogP contribution is 2.27. The molecule has 0 amide bonds. The molecule has 2 rings (SSSR count). The van der Waals surface area contributed by atoms with Gasteiger partial charge in [0, 0.05) is 0 Å². The van der Waals surface area contributed by atoms with Crippen molar-refractivity contribution < 1.29 is 4.74 Å². The molecule has 0 aromatic heterocycles. The quantitative estimate of drug-likeness (QED) is 0.700. The van der Waals surface area contributed by atoms with Gasteiger partial charge in [0.25, 0.3) is 0 Å². The highest BCUT2D eigenvalue weighted by Gasteiger charge is 2.23. The minimum absolute atomic E-state index is 0.185. The predicted octanol–water partition coefficient (Wildman–Crippen LogP) is 4.85. The van der Waals surface area contributed by atoms with E-state index in [-0.39, 0.29) is 6.10 Å². The largest absolute Gasteiger partial charge is 0.370 e. The second-order valence-electron chi connectivity index (χ2n) is 5.85. The molecule has 0 N–H and O–H groups in total. The maximum absolute atomic E-state index is 6.14. The first-order chi connectivity index (χ1) is 9.13. The lowest BCUT2D eigenvalue weighted by Gasteiger charge is -2.31. The van der Waals surface area contributed by atoms with E-state index in [0.29, 0.717) is 12.0 Å². The van der Waals surface area contributed by atoms with Crippen molar-refractivity contribution in [1.82, 2.24) is 0 Å². The van der Waals surface area contributed by atoms with Gasteiger partial charge in [0.1, 0.15) is 0 Å². The van der Waals surface area contributed by atoms with E-state index in [1.54, 1.807) is 0 Å². The minimum Gasteiger partial charge on any atom is -0.370 e. The normalized spacial score (nSPS) is 24.3. The molecule has 1 aliphatic heterocycles. The average molecular weight is 256 g/mol. The third kappa shape index (κ3) is 4.68. The zero-order valence-electron chi connectivity index (χ0n) is 12.0. The second-order valence-corrected chi connectivity index (χ2v) is 5.85. The summed E-state index contributed by atoms with van der Waals surface area (Å²) in [7, 11) is 0. The summed E-state index contributed by atoms with van der Waals surface area (Å²) in [6.07, 6.45) is 7.94. The molecule has 0 bridgehead atoms. The SMILES string of the molecule is C=C1C[C@H](CC(C)C)O[C@H](/C=C/c2ccccc2)C1. The molecule has 0 radical (unpaired) electrons. The van der Waals surface area contributed by atoms with Gasteiger partial charge in [-0.25, -0.2) is 0 Å². The van der Waals surface area contributed by atoms with Crippen LogP contribution < -0.4 is 0 Å². The molecule has 1 heteroatoms. The van der Waals surface area contributed by atoms with Gasteiger partial charge < -0.3 is 4.74 Å². The average Bonchev–Trinajstić information content (AvgIpc) is 2.36. The molecular weight excluding hydrogens is 232 g/mol. The third-order valence-corrected chi connectivity index (χ3v) is 3.41. The van der Waals surface area contributed by atoms with Crippen LogP contribution in [0.25, 0.3) is 6.08 Å². The van der Waals surface area contributed by atoms with Gasteiger partial charge in [0.15, 0.2) is 0 Å². The Morgan fingerprint density at radius 1 is 1.26 bits per heavy atom. The van der Waals surface area contributed by atoms with E-state index in [4.69, 9.17) is 4.74 Å². The van der Waals surface area contributed by atoms with E-state index >= 15 is 0 Å². The summed E-state index contributed by atoms with van der Waals surface area (Å²) in [5.41, 5.74) is 2.54. The van der Waals surface area contributed by atoms with E-state index in [1.165, 1.54) is 11.1 Å². The first kappa shape index (κ1) is 14.1. The van der Waals surface area contributed by atoms with Crippen LogP contribution in [-0.4, -0.2) is 12.2 Å². The Hall–Kier alpha value is -1.34. The van der Waals surface area contributed by atoms with Crippen molar-refractivity contribution in [3.8, 4) is 0 Å². The van der Waals surface area contributed by atoms with Gasteiger partial charge in [-0.2, -0.15) is 0 Å². The van der Waals surface area contributed by atoms with E-state index in [0.717, 1.165) is 19.3 Å². The van der Waals surface area contributed by atoms with Gasteiger partial charge in [0.2, 0.25) is 0 Å². The summed E-state index contributed by atoms with van der Waals surface area (Å²) in [5.74, 6) is 0.676. The van der Waals surface area contributed by atoms with Crippen molar-refractivity contribution in [2.75, 3.05) is 0 Å². The monoisotopic (exact) mass is 256 g/mol. The molecular formula is C18H24O. The Bertz CT molecular complexity index is 430. The number of rotatable bonds is 4. The Kier molecular flexibility index (Phi) is 4.98. The summed E-state index contributed by atoms with van der Waals surface area (Å²) >= 11 is 0. The Morgan fingerprint density at radius 3 is 2.68 bits per heavy atom. The molecule has 102 valence electrons.